The smallest absolute Gasteiger partial charge is 0.144 e. The zero-order chi connectivity index (χ0) is 20.9. The molecule has 2 N–H and O–H groups in total. The first-order valence-corrected chi connectivity index (χ1v) is 11.3. The third-order valence-electron chi connectivity index (χ3n) is 5.89. The molecule has 0 amide bonds. The zero-order valence-corrected chi connectivity index (χ0v) is 19.1. The second-order valence-corrected chi connectivity index (χ2v) is 8.68. The largest absolute Gasteiger partial charge is 0.487 e. The van der Waals surface area contributed by atoms with Crippen molar-refractivity contribution < 1.29 is 9.47 Å². The molecule has 0 bridgehead atoms. The molecule has 3 rings (SSSR count). The van der Waals surface area contributed by atoms with Crippen LogP contribution < -0.4 is 15.2 Å². The van der Waals surface area contributed by atoms with E-state index >= 15 is 0 Å². The van der Waals surface area contributed by atoms with Crippen LogP contribution in [0.4, 0.5) is 0 Å². The van der Waals surface area contributed by atoms with E-state index in [4.69, 9.17) is 15.2 Å². The molecule has 3 heteroatoms. The van der Waals surface area contributed by atoms with Crippen LogP contribution in [0.3, 0.4) is 0 Å². The van der Waals surface area contributed by atoms with Gasteiger partial charge in [-0.25, -0.2) is 0 Å². The van der Waals surface area contributed by atoms with E-state index in [1.807, 2.05) is 20.8 Å². The molecule has 0 spiro atoms. The van der Waals surface area contributed by atoms with E-state index in [-0.39, 0.29) is 11.8 Å². The van der Waals surface area contributed by atoms with Crippen LogP contribution in [0, 0.1) is 5.92 Å². The van der Waals surface area contributed by atoms with Gasteiger partial charge in [-0.05, 0) is 71.1 Å². The van der Waals surface area contributed by atoms with Gasteiger partial charge < -0.3 is 9.47 Å². The maximum Gasteiger partial charge on any atom is 0.144 e. The molecule has 0 fully saturated rings. The highest BCUT2D eigenvalue weighted by molar-refractivity contribution is 5.54. The van der Waals surface area contributed by atoms with Crippen molar-refractivity contribution >= 4 is 0 Å². The van der Waals surface area contributed by atoms with E-state index in [1.165, 1.54) is 36.0 Å². The Morgan fingerprint density at radius 3 is 2.61 bits per heavy atom. The van der Waals surface area contributed by atoms with Crippen LogP contribution in [0.1, 0.15) is 97.6 Å². The van der Waals surface area contributed by atoms with Gasteiger partial charge in [-0.15, -0.1) is 0 Å². The van der Waals surface area contributed by atoms with E-state index in [9.17, 15) is 0 Å². The van der Waals surface area contributed by atoms with Crippen molar-refractivity contribution in [1.82, 2.24) is 0 Å². The number of rotatable bonds is 6. The van der Waals surface area contributed by atoms with Gasteiger partial charge >= 0.3 is 0 Å². The molecule has 1 aromatic rings. The van der Waals surface area contributed by atoms with Gasteiger partial charge in [0.05, 0.1) is 0 Å². The maximum absolute atomic E-state index is 6.54. The number of hydrogen-bond acceptors (Lipinski definition) is 3. The minimum absolute atomic E-state index is 0.164. The Morgan fingerprint density at radius 1 is 1.25 bits per heavy atom. The second-order valence-electron chi connectivity index (χ2n) is 8.68. The number of ether oxygens (including phenoxy) is 2. The van der Waals surface area contributed by atoms with Gasteiger partial charge in [-0.3, -0.25) is 5.73 Å². The van der Waals surface area contributed by atoms with Crippen molar-refractivity contribution in [1.29, 1.82) is 0 Å². The van der Waals surface area contributed by atoms with E-state index in [1.54, 1.807) is 0 Å². The molecule has 0 radical (unpaired) electrons. The Kier molecular flexibility index (Phi) is 8.00. The number of benzene rings is 1. The quantitative estimate of drug-likeness (QED) is 0.334. The molecule has 1 aliphatic heterocycles. The lowest BCUT2D eigenvalue weighted by atomic mass is 9.68. The fourth-order valence-corrected chi connectivity index (χ4v) is 4.58. The van der Waals surface area contributed by atoms with Crippen LogP contribution in [-0.4, -0.2) is 11.8 Å². The molecular weight excluding hydrogens is 346 g/mol. The Bertz CT molecular complexity index is 658. The van der Waals surface area contributed by atoms with Crippen LogP contribution in [-0.2, 0) is 6.42 Å². The molecule has 3 nitrogen and oxygen atoms in total. The average Bonchev–Trinajstić information content (AvgIpc) is 2.62. The van der Waals surface area contributed by atoms with E-state index in [0.717, 1.165) is 30.8 Å². The number of allylic oxidation sites excluding steroid dienone is 2. The van der Waals surface area contributed by atoms with E-state index in [2.05, 4.69) is 45.9 Å². The normalized spacial score (nSPS) is 23.2. The first-order chi connectivity index (χ1) is 13.3. The van der Waals surface area contributed by atoms with Crippen LogP contribution >= 0.6 is 0 Å². The first-order valence-electron chi connectivity index (χ1n) is 11.3. The van der Waals surface area contributed by atoms with Crippen molar-refractivity contribution in [2.75, 3.05) is 0 Å². The van der Waals surface area contributed by atoms with Crippen LogP contribution in [0.15, 0.2) is 23.8 Å². The van der Waals surface area contributed by atoms with Crippen LogP contribution in [0.5, 0.6) is 11.5 Å². The predicted molar refractivity (Wildman–Crippen MR) is 119 cm³/mol. The molecule has 0 saturated carbocycles. The van der Waals surface area contributed by atoms with Gasteiger partial charge in [-0.1, -0.05) is 45.3 Å². The number of hydrogen-bond donors (Lipinski definition) is 1. The SMILES string of the molecule is CC.CCCCCc1cc(OC(C)N)c2c(c1)OC(C)(C)[C@@H]1CCC(C)=C[C@@H]21. The number of nitrogens with two attached hydrogens (primary N) is 1. The number of aryl methyl sites for hydroxylation is 1. The zero-order valence-electron chi connectivity index (χ0n) is 19.1. The van der Waals surface area contributed by atoms with Crippen molar-refractivity contribution in [2.45, 2.75) is 105 Å². The highest BCUT2D eigenvalue weighted by atomic mass is 16.5. The Balaban J connectivity index is 0.00000136. The van der Waals surface area contributed by atoms with E-state index < -0.39 is 0 Å². The monoisotopic (exact) mass is 387 g/mol. The molecular formula is C25H41NO2. The van der Waals surface area contributed by atoms with Crippen LogP contribution in [0.2, 0.25) is 0 Å². The summed E-state index contributed by atoms with van der Waals surface area (Å²) in [6.07, 6.45) is 9.15. The topological polar surface area (TPSA) is 44.5 Å². The van der Waals surface area contributed by atoms with Gasteiger partial charge in [-0.2, -0.15) is 0 Å². The van der Waals surface area contributed by atoms with Gasteiger partial charge in [0.2, 0.25) is 0 Å². The molecule has 3 atom stereocenters. The fraction of sp³-hybridized carbons (Fsp3) is 0.680. The second kappa shape index (κ2) is 9.82. The summed E-state index contributed by atoms with van der Waals surface area (Å²) in [6.45, 7) is 14.8. The Hall–Kier alpha value is -1.48. The van der Waals surface area contributed by atoms with Crippen molar-refractivity contribution in [2.24, 2.45) is 11.7 Å². The summed E-state index contributed by atoms with van der Waals surface area (Å²) in [5.74, 6) is 2.73. The molecule has 28 heavy (non-hydrogen) atoms. The number of fused-ring (bicyclic) bond motifs is 3. The Labute approximate surface area is 172 Å². The number of unbranched alkanes of at least 4 members (excludes halogenated alkanes) is 2. The first kappa shape index (κ1) is 22.8. The molecule has 2 aliphatic rings. The summed E-state index contributed by atoms with van der Waals surface area (Å²) in [6, 6.07) is 4.45. The maximum atomic E-state index is 6.54. The van der Waals surface area contributed by atoms with Gasteiger partial charge in [0, 0.05) is 17.4 Å². The molecule has 1 heterocycles. The molecule has 158 valence electrons. The highest BCUT2D eigenvalue weighted by Gasteiger charge is 2.45. The fourth-order valence-electron chi connectivity index (χ4n) is 4.58. The molecule has 1 aromatic carbocycles. The molecule has 1 unspecified atom stereocenters. The van der Waals surface area contributed by atoms with Gasteiger partial charge in [0.1, 0.15) is 23.3 Å². The summed E-state index contributed by atoms with van der Waals surface area (Å²) < 4.78 is 12.6. The standard InChI is InChI=1S/C23H35NO2.C2H6/c1-6-7-8-9-17-13-20(25-16(3)24)22-18-12-15(2)10-11-19(18)23(4,5)26-21(22)14-17;1-2/h12-14,16,18-19H,6-11,24H2,1-5H3;1-2H3/t16?,18-,19-;/m1./s1. The average molecular weight is 388 g/mol. The minimum Gasteiger partial charge on any atom is -0.487 e. The van der Waals surface area contributed by atoms with Gasteiger partial charge in [0.15, 0.2) is 0 Å². The highest BCUT2D eigenvalue weighted by Crippen LogP contribution is 2.53. The third-order valence-corrected chi connectivity index (χ3v) is 5.89. The lowest BCUT2D eigenvalue weighted by Crippen LogP contribution is -2.45. The molecule has 1 aliphatic carbocycles. The predicted octanol–water partition coefficient (Wildman–Crippen LogP) is 6.74. The molecule has 0 saturated heterocycles. The summed E-state index contributed by atoms with van der Waals surface area (Å²) in [7, 11) is 0. The lowest BCUT2D eigenvalue weighted by Gasteiger charge is -2.47. The summed E-state index contributed by atoms with van der Waals surface area (Å²) in [4.78, 5) is 0. The Morgan fingerprint density at radius 2 is 1.96 bits per heavy atom. The van der Waals surface area contributed by atoms with Crippen molar-refractivity contribution in [3.05, 3.63) is 34.9 Å². The van der Waals surface area contributed by atoms with Crippen LogP contribution in [0.25, 0.3) is 0 Å². The minimum atomic E-state index is -0.327. The van der Waals surface area contributed by atoms with Crippen molar-refractivity contribution in [3.63, 3.8) is 0 Å². The summed E-state index contributed by atoms with van der Waals surface area (Å²) in [5, 5.41) is 0. The van der Waals surface area contributed by atoms with Gasteiger partial charge in [0.25, 0.3) is 0 Å². The van der Waals surface area contributed by atoms with Crippen molar-refractivity contribution in [3.8, 4) is 11.5 Å². The summed E-state index contributed by atoms with van der Waals surface area (Å²) >= 11 is 0. The third kappa shape index (κ3) is 5.11. The molecule has 0 aromatic heterocycles. The summed E-state index contributed by atoms with van der Waals surface area (Å²) in [5.41, 5.74) is 9.79. The lowest BCUT2D eigenvalue weighted by molar-refractivity contribution is 0.0101. The van der Waals surface area contributed by atoms with E-state index in [0.29, 0.717) is 11.8 Å².